The molecule has 1 aromatic heterocycles. The lowest BCUT2D eigenvalue weighted by Crippen LogP contribution is -2.41. The molecule has 21 heavy (non-hydrogen) atoms. The van der Waals surface area contributed by atoms with E-state index in [0.717, 1.165) is 6.42 Å². The van der Waals surface area contributed by atoms with Crippen molar-refractivity contribution in [3.63, 3.8) is 0 Å². The highest BCUT2D eigenvalue weighted by Gasteiger charge is 2.21. The number of amides is 2. The molecule has 0 radical (unpaired) electrons. The molecule has 1 atom stereocenters. The monoisotopic (exact) mass is 296 g/mol. The highest BCUT2D eigenvalue weighted by Crippen LogP contribution is 2.12. The van der Waals surface area contributed by atoms with E-state index in [-0.39, 0.29) is 24.3 Å². The van der Waals surface area contributed by atoms with Gasteiger partial charge in [-0.3, -0.25) is 9.59 Å². The number of rotatable bonds is 9. The summed E-state index contributed by atoms with van der Waals surface area (Å²) in [6.45, 7) is 5.33. The fraction of sp³-hybridized carbons (Fsp3) is 0.600. The molecular weight excluding hydrogens is 272 g/mol. The molecule has 1 aromatic rings. The van der Waals surface area contributed by atoms with Gasteiger partial charge in [0.15, 0.2) is 0 Å². The van der Waals surface area contributed by atoms with Crippen LogP contribution in [-0.4, -0.2) is 49.6 Å². The van der Waals surface area contributed by atoms with Crippen LogP contribution in [0, 0.1) is 0 Å². The first-order valence-corrected chi connectivity index (χ1v) is 7.19. The largest absolute Gasteiger partial charge is 0.472 e. The Balaban J connectivity index is 2.55. The Bertz CT molecular complexity index is 431. The van der Waals surface area contributed by atoms with Crippen LogP contribution < -0.4 is 5.32 Å². The van der Waals surface area contributed by atoms with Crippen LogP contribution in [0.2, 0.25) is 0 Å². The molecule has 1 N–H and O–H groups in total. The summed E-state index contributed by atoms with van der Waals surface area (Å²) in [7, 11) is 1.58. The zero-order valence-electron chi connectivity index (χ0n) is 12.9. The molecule has 1 heterocycles. The SMILES string of the molecule is CC[C@H](C)N(CCC(=O)NCCOC)C(=O)c1ccoc1. The molecule has 0 unspecified atom stereocenters. The van der Waals surface area contributed by atoms with Crippen molar-refractivity contribution < 1.29 is 18.7 Å². The summed E-state index contributed by atoms with van der Waals surface area (Å²) in [5.41, 5.74) is 0.509. The Hall–Kier alpha value is -1.82. The molecule has 0 aromatic carbocycles. The molecule has 1 rings (SSSR count). The summed E-state index contributed by atoms with van der Waals surface area (Å²) in [6, 6.07) is 1.70. The molecule has 0 fully saturated rings. The fourth-order valence-corrected chi connectivity index (χ4v) is 1.90. The van der Waals surface area contributed by atoms with E-state index in [0.29, 0.717) is 25.3 Å². The number of hydrogen-bond donors (Lipinski definition) is 1. The first-order chi connectivity index (χ1) is 10.1. The van der Waals surface area contributed by atoms with Crippen LogP contribution in [0.15, 0.2) is 23.0 Å². The van der Waals surface area contributed by atoms with E-state index in [4.69, 9.17) is 9.15 Å². The minimum Gasteiger partial charge on any atom is -0.472 e. The second kappa shape index (κ2) is 9.18. The van der Waals surface area contributed by atoms with Gasteiger partial charge in [0, 0.05) is 32.7 Å². The number of methoxy groups -OCH3 is 1. The van der Waals surface area contributed by atoms with Gasteiger partial charge in [0.05, 0.1) is 18.4 Å². The summed E-state index contributed by atoms with van der Waals surface area (Å²) in [6.07, 6.45) is 4.00. The molecule has 0 bridgehead atoms. The highest BCUT2D eigenvalue weighted by molar-refractivity contribution is 5.94. The predicted octanol–water partition coefficient (Wildman–Crippen LogP) is 1.67. The molecule has 0 saturated heterocycles. The van der Waals surface area contributed by atoms with Gasteiger partial charge in [0.1, 0.15) is 6.26 Å². The van der Waals surface area contributed by atoms with Gasteiger partial charge in [0.2, 0.25) is 5.91 Å². The second-order valence-corrected chi connectivity index (χ2v) is 4.86. The average molecular weight is 296 g/mol. The van der Waals surface area contributed by atoms with E-state index in [1.807, 2.05) is 13.8 Å². The maximum absolute atomic E-state index is 12.4. The average Bonchev–Trinajstić information content (AvgIpc) is 3.01. The molecule has 6 nitrogen and oxygen atoms in total. The van der Waals surface area contributed by atoms with Crippen molar-refractivity contribution in [1.29, 1.82) is 0 Å². The molecule has 0 aliphatic carbocycles. The zero-order valence-corrected chi connectivity index (χ0v) is 12.9. The van der Waals surface area contributed by atoms with E-state index < -0.39 is 0 Å². The lowest BCUT2D eigenvalue weighted by atomic mass is 10.1. The van der Waals surface area contributed by atoms with Crippen molar-refractivity contribution in [3.05, 3.63) is 24.2 Å². The normalized spacial score (nSPS) is 12.0. The van der Waals surface area contributed by atoms with E-state index in [9.17, 15) is 9.59 Å². The van der Waals surface area contributed by atoms with Crippen LogP contribution in [0.1, 0.15) is 37.0 Å². The summed E-state index contributed by atoms with van der Waals surface area (Å²) < 4.78 is 9.82. The number of hydrogen-bond acceptors (Lipinski definition) is 4. The summed E-state index contributed by atoms with van der Waals surface area (Å²) in [4.78, 5) is 25.8. The van der Waals surface area contributed by atoms with E-state index in [1.165, 1.54) is 12.5 Å². The van der Waals surface area contributed by atoms with Crippen molar-refractivity contribution in [2.75, 3.05) is 26.8 Å². The van der Waals surface area contributed by atoms with E-state index in [1.54, 1.807) is 18.1 Å². The summed E-state index contributed by atoms with van der Waals surface area (Å²) in [5.74, 6) is -0.192. The third-order valence-electron chi connectivity index (χ3n) is 3.36. The van der Waals surface area contributed by atoms with Crippen LogP contribution in [0.25, 0.3) is 0 Å². The minimum absolute atomic E-state index is 0.0687. The van der Waals surface area contributed by atoms with Crippen molar-refractivity contribution in [3.8, 4) is 0 Å². The zero-order chi connectivity index (χ0) is 15.7. The van der Waals surface area contributed by atoms with Gasteiger partial charge in [-0.1, -0.05) is 6.92 Å². The van der Waals surface area contributed by atoms with Crippen molar-refractivity contribution >= 4 is 11.8 Å². The van der Waals surface area contributed by atoms with Crippen molar-refractivity contribution in [1.82, 2.24) is 10.2 Å². The third kappa shape index (κ3) is 5.59. The lowest BCUT2D eigenvalue weighted by molar-refractivity contribution is -0.121. The van der Waals surface area contributed by atoms with Gasteiger partial charge in [-0.2, -0.15) is 0 Å². The number of carbonyl (C=O) groups excluding carboxylic acids is 2. The van der Waals surface area contributed by atoms with E-state index in [2.05, 4.69) is 5.32 Å². The number of nitrogens with one attached hydrogen (secondary N) is 1. The van der Waals surface area contributed by atoms with E-state index >= 15 is 0 Å². The Kier molecular flexibility index (Phi) is 7.53. The molecular formula is C15H24N2O4. The number of ether oxygens (including phenoxy) is 1. The third-order valence-corrected chi connectivity index (χ3v) is 3.36. The van der Waals surface area contributed by atoms with Gasteiger partial charge in [0.25, 0.3) is 5.91 Å². The minimum atomic E-state index is -0.109. The van der Waals surface area contributed by atoms with Gasteiger partial charge < -0.3 is 19.4 Å². The number of furan rings is 1. The molecule has 118 valence electrons. The van der Waals surface area contributed by atoms with Crippen LogP contribution in [0.5, 0.6) is 0 Å². The van der Waals surface area contributed by atoms with Gasteiger partial charge in [-0.25, -0.2) is 0 Å². The Morgan fingerprint density at radius 2 is 2.24 bits per heavy atom. The topological polar surface area (TPSA) is 71.8 Å². The molecule has 0 spiro atoms. The Morgan fingerprint density at radius 1 is 1.48 bits per heavy atom. The maximum atomic E-state index is 12.4. The molecule has 0 aliphatic rings. The number of carbonyl (C=O) groups is 2. The first-order valence-electron chi connectivity index (χ1n) is 7.19. The standard InChI is InChI=1S/C15H24N2O4/c1-4-12(2)17(15(19)13-6-9-21-11-13)8-5-14(18)16-7-10-20-3/h6,9,11-12H,4-5,7-8,10H2,1-3H3,(H,16,18)/t12-/m0/s1. The summed E-state index contributed by atoms with van der Waals surface area (Å²) in [5, 5.41) is 2.75. The highest BCUT2D eigenvalue weighted by atomic mass is 16.5. The van der Waals surface area contributed by atoms with Gasteiger partial charge in [-0.15, -0.1) is 0 Å². The maximum Gasteiger partial charge on any atom is 0.257 e. The van der Waals surface area contributed by atoms with Crippen LogP contribution >= 0.6 is 0 Å². The summed E-state index contributed by atoms with van der Waals surface area (Å²) >= 11 is 0. The predicted molar refractivity (Wildman–Crippen MR) is 79.0 cm³/mol. The fourth-order valence-electron chi connectivity index (χ4n) is 1.90. The van der Waals surface area contributed by atoms with Gasteiger partial charge >= 0.3 is 0 Å². The lowest BCUT2D eigenvalue weighted by Gasteiger charge is -2.28. The Morgan fingerprint density at radius 3 is 2.81 bits per heavy atom. The van der Waals surface area contributed by atoms with Crippen LogP contribution in [0.4, 0.5) is 0 Å². The van der Waals surface area contributed by atoms with Crippen molar-refractivity contribution in [2.45, 2.75) is 32.7 Å². The van der Waals surface area contributed by atoms with Crippen LogP contribution in [-0.2, 0) is 9.53 Å². The molecule has 0 aliphatic heterocycles. The van der Waals surface area contributed by atoms with Crippen LogP contribution in [0.3, 0.4) is 0 Å². The molecule has 2 amide bonds. The molecule has 0 saturated carbocycles. The first kappa shape index (κ1) is 17.2. The second-order valence-electron chi connectivity index (χ2n) is 4.86. The quantitative estimate of drug-likeness (QED) is 0.704. The molecule has 6 heteroatoms. The Labute approximate surface area is 125 Å². The van der Waals surface area contributed by atoms with Crippen molar-refractivity contribution in [2.24, 2.45) is 0 Å². The van der Waals surface area contributed by atoms with Gasteiger partial charge in [-0.05, 0) is 19.4 Å². The smallest absolute Gasteiger partial charge is 0.257 e. The number of nitrogens with zero attached hydrogens (tertiary/aromatic N) is 1.